The summed E-state index contributed by atoms with van der Waals surface area (Å²) in [7, 11) is 1.58. The lowest BCUT2D eigenvalue weighted by Crippen LogP contribution is -2.27. The molecule has 0 fully saturated rings. The molecule has 0 aliphatic heterocycles. The Kier molecular flexibility index (Phi) is 4.23. The van der Waals surface area contributed by atoms with Gasteiger partial charge in [0.05, 0.1) is 29.5 Å². The van der Waals surface area contributed by atoms with Crippen LogP contribution in [0.1, 0.15) is 20.8 Å². The second kappa shape index (κ2) is 5.77. The van der Waals surface area contributed by atoms with Crippen molar-refractivity contribution in [2.24, 2.45) is 0 Å². The highest BCUT2D eigenvalue weighted by Crippen LogP contribution is 2.31. The minimum atomic E-state index is -0.575. The van der Waals surface area contributed by atoms with Crippen LogP contribution in [0.3, 0.4) is 0 Å². The smallest absolute Gasteiger partial charge is 0.412 e. The number of halogens is 1. The Labute approximate surface area is 128 Å². The Morgan fingerprint density at radius 3 is 2.67 bits per heavy atom. The van der Waals surface area contributed by atoms with Crippen LogP contribution in [0.5, 0.6) is 5.75 Å². The lowest BCUT2D eigenvalue weighted by Gasteiger charge is -2.20. The Morgan fingerprint density at radius 1 is 1.33 bits per heavy atom. The highest BCUT2D eigenvalue weighted by atomic mass is 35.5. The van der Waals surface area contributed by atoms with Crippen LogP contribution in [0.4, 0.5) is 10.5 Å². The van der Waals surface area contributed by atoms with Crippen LogP contribution in [-0.4, -0.2) is 23.8 Å². The number of carbonyl (C=O) groups excluding carboxylic acids is 1. The highest BCUT2D eigenvalue weighted by molar-refractivity contribution is 6.38. The van der Waals surface area contributed by atoms with Gasteiger partial charge in [-0.25, -0.2) is 4.79 Å². The standard InChI is InChI=1S/C15H17ClN2O3/c1-15(2,3)21-14(19)18-12-8-17-11-7-9(20-4)5-6-10(11)13(12)16/h5-8H,1-4H3,(H,18,19). The van der Waals surface area contributed by atoms with Crippen molar-refractivity contribution in [2.45, 2.75) is 26.4 Å². The Bertz CT molecular complexity index is 680. The summed E-state index contributed by atoms with van der Waals surface area (Å²) < 4.78 is 10.3. The topological polar surface area (TPSA) is 60.5 Å². The third-order valence-corrected chi connectivity index (χ3v) is 3.05. The first-order valence-corrected chi connectivity index (χ1v) is 6.80. The number of anilines is 1. The van der Waals surface area contributed by atoms with Crippen LogP contribution < -0.4 is 10.1 Å². The summed E-state index contributed by atoms with van der Waals surface area (Å²) in [6.45, 7) is 5.37. The average Bonchev–Trinajstić information content (AvgIpc) is 2.39. The average molecular weight is 309 g/mol. The third kappa shape index (κ3) is 3.76. The number of nitrogens with one attached hydrogen (secondary N) is 1. The lowest BCUT2D eigenvalue weighted by molar-refractivity contribution is 0.0636. The number of hydrogen-bond acceptors (Lipinski definition) is 4. The van der Waals surface area contributed by atoms with Gasteiger partial charge < -0.3 is 9.47 Å². The number of pyridine rings is 1. The molecule has 1 aromatic heterocycles. The first kappa shape index (κ1) is 15.4. The molecule has 0 aliphatic carbocycles. The minimum Gasteiger partial charge on any atom is -0.497 e. The van der Waals surface area contributed by atoms with Gasteiger partial charge in [0.25, 0.3) is 0 Å². The quantitative estimate of drug-likeness (QED) is 0.901. The number of carbonyl (C=O) groups is 1. The van der Waals surface area contributed by atoms with Crippen LogP contribution in [-0.2, 0) is 4.74 Å². The zero-order valence-corrected chi connectivity index (χ0v) is 13.1. The number of rotatable bonds is 2. The minimum absolute atomic E-state index is 0.406. The summed E-state index contributed by atoms with van der Waals surface area (Å²) in [5.74, 6) is 0.693. The molecule has 5 nitrogen and oxygen atoms in total. The van der Waals surface area contributed by atoms with Gasteiger partial charge >= 0.3 is 6.09 Å². The molecule has 0 saturated carbocycles. The van der Waals surface area contributed by atoms with Crippen molar-refractivity contribution < 1.29 is 14.3 Å². The number of ether oxygens (including phenoxy) is 2. The van der Waals surface area contributed by atoms with Gasteiger partial charge in [-0.15, -0.1) is 0 Å². The predicted molar refractivity (Wildman–Crippen MR) is 83.2 cm³/mol. The van der Waals surface area contributed by atoms with Gasteiger partial charge in [-0.05, 0) is 32.9 Å². The Hall–Kier alpha value is -2.01. The molecule has 0 radical (unpaired) electrons. The van der Waals surface area contributed by atoms with Gasteiger partial charge in [0.2, 0.25) is 0 Å². The number of nitrogens with zero attached hydrogens (tertiary/aromatic N) is 1. The monoisotopic (exact) mass is 308 g/mol. The maximum Gasteiger partial charge on any atom is 0.412 e. The number of aromatic nitrogens is 1. The van der Waals surface area contributed by atoms with Gasteiger partial charge in [-0.2, -0.15) is 0 Å². The number of methoxy groups -OCH3 is 1. The van der Waals surface area contributed by atoms with Crippen molar-refractivity contribution in [1.82, 2.24) is 4.98 Å². The van der Waals surface area contributed by atoms with E-state index in [-0.39, 0.29) is 0 Å². The molecule has 1 aromatic carbocycles. The van der Waals surface area contributed by atoms with Crippen molar-refractivity contribution in [1.29, 1.82) is 0 Å². The molecular formula is C15H17ClN2O3. The van der Waals surface area contributed by atoms with Crippen LogP contribution in [0, 0.1) is 0 Å². The van der Waals surface area contributed by atoms with E-state index in [0.29, 0.717) is 22.0 Å². The van der Waals surface area contributed by atoms with Crippen molar-refractivity contribution >= 4 is 34.3 Å². The van der Waals surface area contributed by atoms with Crippen molar-refractivity contribution in [3.8, 4) is 5.75 Å². The van der Waals surface area contributed by atoms with Crippen molar-refractivity contribution in [3.05, 3.63) is 29.4 Å². The van der Waals surface area contributed by atoms with E-state index in [1.54, 1.807) is 46.1 Å². The van der Waals surface area contributed by atoms with E-state index in [1.807, 2.05) is 0 Å². The zero-order chi connectivity index (χ0) is 15.6. The Balaban J connectivity index is 2.30. The molecule has 1 N–H and O–H groups in total. The van der Waals surface area contributed by atoms with E-state index in [9.17, 15) is 4.79 Å². The van der Waals surface area contributed by atoms with Gasteiger partial charge in [-0.1, -0.05) is 11.6 Å². The molecular weight excluding hydrogens is 292 g/mol. The molecule has 0 spiro atoms. The van der Waals surface area contributed by atoms with Gasteiger partial charge in [0, 0.05) is 11.5 Å². The summed E-state index contributed by atoms with van der Waals surface area (Å²) in [6, 6.07) is 5.36. The number of fused-ring (bicyclic) bond motifs is 1. The summed E-state index contributed by atoms with van der Waals surface area (Å²) >= 11 is 6.30. The summed E-state index contributed by atoms with van der Waals surface area (Å²) in [4.78, 5) is 16.0. The summed E-state index contributed by atoms with van der Waals surface area (Å²) in [5.41, 5.74) is 0.520. The van der Waals surface area contributed by atoms with E-state index in [1.165, 1.54) is 6.20 Å². The number of hydrogen-bond donors (Lipinski definition) is 1. The first-order chi connectivity index (χ1) is 9.80. The van der Waals surface area contributed by atoms with E-state index < -0.39 is 11.7 Å². The molecule has 0 bridgehead atoms. The first-order valence-electron chi connectivity index (χ1n) is 6.42. The van der Waals surface area contributed by atoms with Crippen molar-refractivity contribution in [2.75, 3.05) is 12.4 Å². The third-order valence-electron chi connectivity index (χ3n) is 2.65. The van der Waals surface area contributed by atoms with Gasteiger partial charge in [-0.3, -0.25) is 10.3 Å². The fourth-order valence-corrected chi connectivity index (χ4v) is 2.02. The maximum atomic E-state index is 11.8. The van der Waals surface area contributed by atoms with E-state index in [4.69, 9.17) is 21.1 Å². The second-order valence-electron chi connectivity index (χ2n) is 5.50. The molecule has 0 saturated heterocycles. The molecule has 2 rings (SSSR count). The van der Waals surface area contributed by atoms with E-state index in [0.717, 1.165) is 5.39 Å². The van der Waals surface area contributed by atoms with Gasteiger partial charge in [0.1, 0.15) is 11.4 Å². The predicted octanol–water partition coefficient (Wildman–Crippen LogP) is 4.24. The normalized spacial score (nSPS) is 11.3. The summed E-state index contributed by atoms with van der Waals surface area (Å²) in [5, 5.41) is 3.74. The molecule has 1 amide bonds. The fraction of sp³-hybridized carbons (Fsp3) is 0.333. The molecule has 0 atom stereocenters. The molecule has 0 aliphatic rings. The van der Waals surface area contributed by atoms with Gasteiger partial charge in [0.15, 0.2) is 0 Å². The number of benzene rings is 1. The fourth-order valence-electron chi connectivity index (χ4n) is 1.77. The molecule has 2 aromatic rings. The van der Waals surface area contributed by atoms with Crippen LogP contribution in [0.25, 0.3) is 10.9 Å². The van der Waals surface area contributed by atoms with Crippen LogP contribution in [0.2, 0.25) is 5.02 Å². The second-order valence-corrected chi connectivity index (χ2v) is 5.87. The van der Waals surface area contributed by atoms with Crippen molar-refractivity contribution in [3.63, 3.8) is 0 Å². The van der Waals surface area contributed by atoms with E-state index >= 15 is 0 Å². The SMILES string of the molecule is COc1ccc2c(Cl)c(NC(=O)OC(C)(C)C)cnc2c1. The highest BCUT2D eigenvalue weighted by Gasteiger charge is 2.18. The van der Waals surface area contributed by atoms with Crippen LogP contribution >= 0.6 is 11.6 Å². The molecule has 0 unspecified atom stereocenters. The lowest BCUT2D eigenvalue weighted by atomic mass is 10.2. The van der Waals surface area contributed by atoms with Crippen LogP contribution in [0.15, 0.2) is 24.4 Å². The molecule has 1 heterocycles. The van der Waals surface area contributed by atoms with E-state index in [2.05, 4.69) is 10.3 Å². The number of amides is 1. The zero-order valence-electron chi connectivity index (χ0n) is 12.4. The summed E-state index contributed by atoms with van der Waals surface area (Å²) in [6.07, 6.45) is 0.924. The Morgan fingerprint density at radius 2 is 2.05 bits per heavy atom. The molecule has 21 heavy (non-hydrogen) atoms. The molecule has 6 heteroatoms. The maximum absolute atomic E-state index is 11.8. The largest absolute Gasteiger partial charge is 0.497 e. The molecule has 112 valence electrons.